The molecule has 3 nitrogen and oxygen atoms in total. The minimum atomic E-state index is -4.74. The molecular formula is C5H2ClF3N2O. The zero-order valence-corrected chi connectivity index (χ0v) is 6.20. The first-order valence-electron chi connectivity index (χ1n) is 2.73. The zero-order chi connectivity index (χ0) is 9.35. The number of aromatic amines is 1. The summed E-state index contributed by atoms with van der Waals surface area (Å²) in [7, 11) is 0. The highest BCUT2D eigenvalue weighted by Crippen LogP contribution is 2.30. The fraction of sp³-hybridized carbons (Fsp3) is 0.200. The maximum atomic E-state index is 12.0. The second kappa shape index (κ2) is 2.78. The Balaban J connectivity index is 3.42. The topological polar surface area (TPSA) is 45.8 Å². The average Bonchev–Trinajstić information content (AvgIpc) is 1.82. The molecule has 1 aromatic heterocycles. The molecule has 0 fully saturated rings. The number of halogens is 4. The molecule has 0 atom stereocenters. The molecule has 1 rings (SSSR count). The van der Waals surface area contributed by atoms with Crippen molar-refractivity contribution in [3.63, 3.8) is 0 Å². The van der Waals surface area contributed by atoms with Gasteiger partial charge in [-0.05, 0) is 0 Å². The lowest BCUT2D eigenvalue weighted by Crippen LogP contribution is -2.22. The lowest BCUT2D eigenvalue weighted by molar-refractivity contribution is -0.138. The van der Waals surface area contributed by atoms with E-state index in [1.54, 1.807) is 5.10 Å². The number of hydrogen-bond donors (Lipinski definition) is 1. The Morgan fingerprint density at radius 2 is 2.08 bits per heavy atom. The van der Waals surface area contributed by atoms with Crippen molar-refractivity contribution >= 4 is 11.6 Å². The lowest BCUT2D eigenvalue weighted by atomic mass is 10.3. The van der Waals surface area contributed by atoms with E-state index >= 15 is 0 Å². The van der Waals surface area contributed by atoms with E-state index in [-0.39, 0.29) is 0 Å². The monoisotopic (exact) mass is 198 g/mol. The van der Waals surface area contributed by atoms with Crippen molar-refractivity contribution in [1.82, 2.24) is 10.2 Å². The number of nitrogens with one attached hydrogen (secondary N) is 1. The molecule has 0 amide bonds. The van der Waals surface area contributed by atoms with Gasteiger partial charge in [-0.15, -0.1) is 0 Å². The number of hydrogen-bond acceptors (Lipinski definition) is 2. The third-order valence-corrected chi connectivity index (χ3v) is 1.38. The molecule has 7 heteroatoms. The summed E-state index contributed by atoms with van der Waals surface area (Å²) in [5.41, 5.74) is -2.76. The van der Waals surface area contributed by atoms with E-state index in [9.17, 15) is 18.0 Å². The summed E-state index contributed by atoms with van der Waals surface area (Å²) in [6.45, 7) is 0. The van der Waals surface area contributed by atoms with Crippen LogP contribution < -0.4 is 5.56 Å². The highest BCUT2D eigenvalue weighted by molar-refractivity contribution is 6.31. The molecule has 0 saturated carbocycles. The SMILES string of the molecule is O=c1[nH]ncc(Cl)c1C(F)(F)F. The van der Waals surface area contributed by atoms with Gasteiger partial charge in [0.1, 0.15) is 5.56 Å². The van der Waals surface area contributed by atoms with E-state index in [2.05, 4.69) is 5.10 Å². The molecule has 1 heterocycles. The lowest BCUT2D eigenvalue weighted by Gasteiger charge is -2.05. The smallest absolute Gasteiger partial charge is 0.267 e. The van der Waals surface area contributed by atoms with E-state index in [0.717, 1.165) is 6.20 Å². The van der Waals surface area contributed by atoms with Crippen LogP contribution in [0.4, 0.5) is 13.2 Å². The Hall–Kier alpha value is -1.04. The summed E-state index contributed by atoms with van der Waals surface area (Å²) in [6, 6.07) is 0. The van der Waals surface area contributed by atoms with Gasteiger partial charge in [-0.25, -0.2) is 5.10 Å². The molecule has 1 N–H and O–H groups in total. The Morgan fingerprint density at radius 1 is 1.50 bits per heavy atom. The molecule has 0 aliphatic carbocycles. The number of nitrogens with zero attached hydrogens (tertiary/aromatic N) is 1. The van der Waals surface area contributed by atoms with E-state index in [1.807, 2.05) is 0 Å². The number of H-pyrrole nitrogens is 1. The summed E-state index contributed by atoms with van der Waals surface area (Å²) >= 11 is 5.11. The molecular weight excluding hydrogens is 197 g/mol. The fourth-order valence-corrected chi connectivity index (χ4v) is 0.882. The Morgan fingerprint density at radius 3 is 2.42 bits per heavy atom. The van der Waals surface area contributed by atoms with Gasteiger partial charge in [0.25, 0.3) is 5.56 Å². The molecule has 0 aliphatic heterocycles. The quantitative estimate of drug-likeness (QED) is 0.686. The molecule has 0 radical (unpaired) electrons. The predicted molar refractivity (Wildman–Crippen MR) is 34.9 cm³/mol. The summed E-state index contributed by atoms with van der Waals surface area (Å²) in [6.07, 6.45) is -4.01. The normalized spacial score (nSPS) is 11.7. The van der Waals surface area contributed by atoms with Crippen LogP contribution in [0.3, 0.4) is 0 Å². The fourth-order valence-electron chi connectivity index (χ4n) is 0.641. The second-order valence-corrected chi connectivity index (χ2v) is 2.33. The van der Waals surface area contributed by atoms with Crippen molar-refractivity contribution in [2.45, 2.75) is 6.18 Å². The molecule has 66 valence electrons. The van der Waals surface area contributed by atoms with Crippen LogP contribution in [0.2, 0.25) is 5.02 Å². The molecule has 12 heavy (non-hydrogen) atoms. The van der Waals surface area contributed by atoms with Crippen LogP contribution in [-0.2, 0) is 6.18 Å². The summed E-state index contributed by atoms with van der Waals surface area (Å²) < 4.78 is 35.9. The summed E-state index contributed by atoms with van der Waals surface area (Å²) in [5.74, 6) is 0. The van der Waals surface area contributed by atoms with Crippen molar-refractivity contribution in [3.05, 3.63) is 27.1 Å². The van der Waals surface area contributed by atoms with Crippen molar-refractivity contribution in [1.29, 1.82) is 0 Å². The van der Waals surface area contributed by atoms with Gasteiger partial charge >= 0.3 is 6.18 Å². The molecule has 0 aromatic carbocycles. The molecule has 0 saturated heterocycles. The minimum absolute atomic E-state index is 0.703. The third-order valence-electron chi connectivity index (χ3n) is 1.09. The van der Waals surface area contributed by atoms with Crippen LogP contribution in [0.15, 0.2) is 11.0 Å². The zero-order valence-electron chi connectivity index (χ0n) is 5.44. The molecule has 0 unspecified atom stereocenters. The standard InChI is InChI=1S/C5H2ClF3N2O/c6-2-1-10-11-4(12)3(2)5(7,8)9/h1H,(H,11,12). The van der Waals surface area contributed by atoms with Crippen molar-refractivity contribution in [2.24, 2.45) is 0 Å². The maximum absolute atomic E-state index is 12.0. The van der Waals surface area contributed by atoms with Gasteiger partial charge in [-0.3, -0.25) is 4.79 Å². The predicted octanol–water partition coefficient (Wildman–Crippen LogP) is 1.44. The highest BCUT2D eigenvalue weighted by Gasteiger charge is 2.36. The summed E-state index contributed by atoms with van der Waals surface area (Å²) in [5, 5.41) is 4.02. The maximum Gasteiger partial charge on any atom is 0.423 e. The van der Waals surface area contributed by atoms with Crippen LogP contribution in [0.25, 0.3) is 0 Å². The molecule has 0 aliphatic rings. The number of aromatic nitrogens is 2. The highest BCUT2D eigenvalue weighted by atomic mass is 35.5. The number of alkyl halides is 3. The van der Waals surface area contributed by atoms with E-state index < -0.39 is 22.3 Å². The minimum Gasteiger partial charge on any atom is -0.267 e. The largest absolute Gasteiger partial charge is 0.423 e. The summed E-state index contributed by atoms with van der Waals surface area (Å²) in [4.78, 5) is 10.6. The van der Waals surface area contributed by atoms with Gasteiger partial charge < -0.3 is 0 Å². The Bertz CT molecular complexity index is 345. The third kappa shape index (κ3) is 1.58. The molecule has 0 bridgehead atoms. The van der Waals surface area contributed by atoms with Gasteiger partial charge in [0, 0.05) is 0 Å². The van der Waals surface area contributed by atoms with Crippen molar-refractivity contribution < 1.29 is 13.2 Å². The first-order chi connectivity index (χ1) is 5.43. The van der Waals surface area contributed by atoms with Crippen LogP contribution >= 0.6 is 11.6 Å². The number of rotatable bonds is 0. The van der Waals surface area contributed by atoms with Gasteiger partial charge in [0.05, 0.1) is 11.2 Å². The first kappa shape index (κ1) is 9.05. The molecule has 0 spiro atoms. The van der Waals surface area contributed by atoms with Crippen molar-refractivity contribution in [2.75, 3.05) is 0 Å². The van der Waals surface area contributed by atoms with E-state index in [0.29, 0.717) is 0 Å². The molecule has 1 aromatic rings. The second-order valence-electron chi connectivity index (χ2n) is 1.92. The Labute approximate surface area is 69.2 Å². The van der Waals surface area contributed by atoms with E-state index in [1.165, 1.54) is 0 Å². The van der Waals surface area contributed by atoms with E-state index in [4.69, 9.17) is 11.6 Å². The average molecular weight is 199 g/mol. The van der Waals surface area contributed by atoms with Gasteiger partial charge in [-0.2, -0.15) is 18.3 Å². The van der Waals surface area contributed by atoms with Crippen LogP contribution in [0, 0.1) is 0 Å². The Kier molecular flexibility index (Phi) is 2.10. The van der Waals surface area contributed by atoms with Gasteiger partial charge in [-0.1, -0.05) is 11.6 Å². The van der Waals surface area contributed by atoms with Gasteiger partial charge in [0.2, 0.25) is 0 Å². The van der Waals surface area contributed by atoms with Crippen LogP contribution in [-0.4, -0.2) is 10.2 Å². The first-order valence-corrected chi connectivity index (χ1v) is 3.11. The van der Waals surface area contributed by atoms with Crippen molar-refractivity contribution in [3.8, 4) is 0 Å². The van der Waals surface area contributed by atoms with Crippen LogP contribution in [0.1, 0.15) is 5.56 Å². The van der Waals surface area contributed by atoms with Gasteiger partial charge in [0.15, 0.2) is 0 Å². The van der Waals surface area contributed by atoms with Crippen LogP contribution in [0.5, 0.6) is 0 Å².